The Balaban J connectivity index is 1.81. The highest BCUT2D eigenvalue weighted by Gasteiger charge is 2.07. The van der Waals surface area contributed by atoms with E-state index in [1.165, 1.54) is 6.42 Å². The van der Waals surface area contributed by atoms with Crippen molar-refractivity contribution in [3.05, 3.63) is 12.2 Å². The molecule has 7 heavy (non-hydrogen) atoms. The Labute approximate surface area is 44.4 Å². The molecule has 0 aromatic rings. The SMILES string of the molecule is CNCCC1C=C1. The van der Waals surface area contributed by atoms with Crippen LogP contribution in [0.5, 0.6) is 0 Å². The maximum Gasteiger partial charge on any atom is -0.00410 e. The Kier molecular flexibility index (Phi) is 1.47. The zero-order chi connectivity index (χ0) is 5.11. The van der Waals surface area contributed by atoms with Gasteiger partial charge in [-0.25, -0.2) is 0 Å². The van der Waals surface area contributed by atoms with Crippen LogP contribution in [0.4, 0.5) is 0 Å². The van der Waals surface area contributed by atoms with Gasteiger partial charge in [0.05, 0.1) is 0 Å². The molecular formula is C6H11N. The van der Waals surface area contributed by atoms with Gasteiger partial charge in [0, 0.05) is 0 Å². The molecule has 0 aromatic heterocycles. The summed E-state index contributed by atoms with van der Waals surface area (Å²) in [5, 5.41) is 3.10. The van der Waals surface area contributed by atoms with Crippen molar-refractivity contribution in [3.63, 3.8) is 0 Å². The molecule has 0 unspecified atom stereocenters. The summed E-state index contributed by atoms with van der Waals surface area (Å²) in [6.07, 6.45) is 5.76. The van der Waals surface area contributed by atoms with E-state index in [9.17, 15) is 0 Å². The fourth-order valence-electron chi connectivity index (χ4n) is 0.582. The third kappa shape index (κ3) is 1.74. The van der Waals surface area contributed by atoms with Crippen LogP contribution < -0.4 is 5.32 Å². The van der Waals surface area contributed by atoms with Crippen LogP contribution in [0.2, 0.25) is 0 Å². The zero-order valence-corrected chi connectivity index (χ0v) is 4.65. The molecule has 0 radical (unpaired) electrons. The second-order valence-electron chi connectivity index (χ2n) is 1.94. The Hall–Kier alpha value is -0.300. The molecule has 1 aliphatic carbocycles. The first kappa shape index (κ1) is 4.85. The summed E-state index contributed by atoms with van der Waals surface area (Å²) in [5.74, 6) is 0.840. The topological polar surface area (TPSA) is 12.0 Å². The minimum absolute atomic E-state index is 0.840. The quantitative estimate of drug-likeness (QED) is 0.513. The van der Waals surface area contributed by atoms with Crippen molar-refractivity contribution in [1.29, 1.82) is 0 Å². The van der Waals surface area contributed by atoms with Crippen LogP contribution in [0, 0.1) is 5.92 Å². The van der Waals surface area contributed by atoms with Crippen molar-refractivity contribution >= 4 is 0 Å². The summed E-state index contributed by atoms with van der Waals surface area (Å²) in [6, 6.07) is 0. The molecule has 0 amide bonds. The van der Waals surface area contributed by atoms with Crippen LogP contribution in [0.1, 0.15) is 6.42 Å². The number of rotatable bonds is 3. The predicted molar refractivity (Wildman–Crippen MR) is 31.2 cm³/mol. The molecule has 1 rings (SSSR count). The Bertz CT molecular complexity index is 70.2. The number of nitrogens with one attached hydrogen (secondary N) is 1. The Morgan fingerprint density at radius 3 is 2.71 bits per heavy atom. The van der Waals surface area contributed by atoms with Gasteiger partial charge in [0.15, 0.2) is 0 Å². The zero-order valence-electron chi connectivity index (χ0n) is 4.65. The largest absolute Gasteiger partial charge is 0.320 e. The first-order valence-electron chi connectivity index (χ1n) is 2.76. The minimum Gasteiger partial charge on any atom is -0.320 e. The van der Waals surface area contributed by atoms with Gasteiger partial charge in [-0.05, 0) is 25.9 Å². The fourth-order valence-corrected chi connectivity index (χ4v) is 0.582. The molecule has 0 fully saturated rings. The molecule has 0 saturated carbocycles. The average molecular weight is 97.2 g/mol. The van der Waals surface area contributed by atoms with Crippen LogP contribution >= 0.6 is 0 Å². The highest BCUT2D eigenvalue weighted by atomic mass is 14.8. The normalized spacial score (nSPS) is 17.9. The summed E-state index contributed by atoms with van der Waals surface area (Å²) < 4.78 is 0. The molecular weight excluding hydrogens is 86.1 g/mol. The molecule has 0 saturated heterocycles. The molecule has 1 nitrogen and oxygen atoms in total. The van der Waals surface area contributed by atoms with Crippen LogP contribution in [0.15, 0.2) is 12.2 Å². The molecule has 40 valence electrons. The van der Waals surface area contributed by atoms with Gasteiger partial charge < -0.3 is 5.32 Å². The van der Waals surface area contributed by atoms with Gasteiger partial charge in [-0.3, -0.25) is 0 Å². The lowest BCUT2D eigenvalue weighted by Gasteiger charge is -1.92. The van der Waals surface area contributed by atoms with Crippen molar-refractivity contribution < 1.29 is 0 Å². The van der Waals surface area contributed by atoms with Gasteiger partial charge in [-0.1, -0.05) is 12.2 Å². The molecule has 0 atom stereocenters. The van der Waals surface area contributed by atoms with Crippen LogP contribution in [-0.4, -0.2) is 13.6 Å². The van der Waals surface area contributed by atoms with Crippen molar-refractivity contribution in [2.45, 2.75) is 6.42 Å². The summed E-state index contributed by atoms with van der Waals surface area (Å²) in [7, 11) is 1.99. The molecule has 0 spiro atoms. The lowest BCUT2D eigenvalue weighted by Crippen LogP contribution is -2.07. The van der Waals surface area contributed by atoms with Crippen LogP contribution in [0.25, 0.3) is 0 Å². The Morgan fingerprint density at radius 1 is 1.57 bits per heavy atom. The monoisotopic (exact) mass is 97.1 g/mol. The molecule has 1 heteroatoms. The van der Waals surface area contributed by atoms with E-state index < -0.39 is 0 Å². The maximum absolute atomic E-state index is 3.10. The van der Waals surface area contributed by atoms with E-state index in [4.69, 9.17) is 0 Å². The summed E-state index contributed by atoms with van der Waals surface area (Å²) in [6.45, 7) is 1.15. The van der Waals surface area contributed by atoms with Gasteiger partial charge in [0.25, 0.3) is 0 Å². The van der Waals surface area contributed by atoms with Crippen LogP contribution in [0.3, 0.4) is 0 Å². The van der Waals surface area contributed by atoms with Gasteiger partial charge in [0.2, 0.25) is 0 Å². The average Bonchev–Trinajstić information content (AvgIpc) is 2.42. The van der Waals surface area contributed by atoms with Crippen molar-refractivity contribution in [3.8, 4) is 0 Å². The first-order valence-corrected chi connectivity index (χ1v) is 2.76. The van der Waals surface area contributed by atoms with E-state index >= 15 is 0 Å². The molecule has 0 aliphatic heterocycles. The number of allylic oxidation sites excluding steroid dienone is 2. The minimum atomic E-state index is 0.840. The van der Waals surface area contributed by atoms with Crippen molar-refractivity contribution in [1.82, 2.24) is 5.32 Å². The van der Waals surface area contributed by atoms with Gasteiger partial charge in [-0.15, -0.1) is 0 Å². The highest BCUT2D eigenvalue weighted by Crippen LogP contribution is 2.18. The van der Waals surface area contributed by atoms with Crippen molar-refractivity contribution in [2.75, 3.05) is 13.6 Å². The number of hydrogen-bond donors (Lipinski definition) is 1. The first-order chi connectivity index (χ1) is 3.43. The summed E-state index contributed by atoms with van der Waals surface area (Å²) >= 11 is 0. The van der Waals surface area contributed by atoms with Crippen molar-refractivity contribution in [2.24, 2.45) is 5.92 Å². The molecule has 1 N–H and O–H groups in total. The summed E-state index contributed by atoms with van der Waals surface area (Å²) in [4.78, 5) is 0. The van der Waals surface area contributed by atoms with Crippen LogP contribution in [-0.2, 0) is 0 Å². The second-order valence-corrected chi connectivity index (χ2v) is 1.94. The van der Waals surface area contributed by atoms with E-state index in [-0.39, 0.29) is 0 Å². The number of hydrogen-bond acceptors (Lipinski definition) is 1. The summed E-state index contributed by atoms with van der Waals surface area (Å²) in [5.41, 5.74) is 0. The standard InChI is InChI=1S/C6H11N/c1-7-5-4-6-2-3-6/h2-3,6-7H,4-5H2,1H3. The predicted octanol–water partition coefficient (Wildman–Crippen LogP) is 0.782. The lowest BCUT2D eigenvalue weighted by molar-refractivity contribution is 0.696. The lowest BCUT2D eigenvalue weighted by atomic mass is 10.3. The Morgan fingerprint density at radius 2 is 2.29 bits per heavy atom. The van der Waals surface area contributed by atoms with Gasteiger partial charge in [-0.2, -0.15) is 0 Å². The van der Waals surface area contributed by atoms with Gasteiger partial charge >= 0.3 is 0 Å². The van der Waals surface area contributed by atoms with E-state index in [0.717, 1.165) is 12.5 Å². The highest BCUT2D eigenvalue weighted by molar-refractivity contribution is 5.12. The molecule has 1 aliphatic rings. The molecule has 0 bridgehead atoms. The van der Waals surface area contributed by atoms with E-state index in [0.29, 0.717) is 0 Å². The molecule has 0 aromatic carbocycles. The van der Waals surface area contributed by atoms with E-state index in [1.807, 2.05) is 7.05 Å². The third-order valence-electron chi connectivity index (χ3n) is 1.19. The second kappa shape index (κ2) is 2.12. The van der Waals surface area contributed by atoms with Gasteiger partial charge in [0.1, 0.15) is 0 Å². The molecule has 0 heterocycles. The smallest absolute Gasteiger partial charge is 0.00410 e. The van der Waals surface area contributed by atoms with E-state index in [2.05, 4.69) is 17.5 Å². The fraction of sp³-hybridized carbons (Fsp3) is 0.667. The third-order valence-corrected chi connectivity index (χ3v) is 1.19. The van der Waals surface area contributed by atoms with E-state index in [1.54, 1.807) is 0 Å². The maximum atomic E-state index is 3.10.